The largest absolute Gasteiger partial charge is 0.356 e. The highest BCUT2D eigenvalue weighted by molar-refractivity contribution is 5.79. The lowest BCUT2D eigenvalue weighted by Gasteiger charge is -2.21. The van der Waals surface area contributed by atoms with E-state index in [1.165, 1.54) is 31.6 Å². The Bertz CT molecular complexity index is 460. The molecule has 0 atom stereocenters. The SMILES string of the molecule is CN=C(NCCc1ccccc1)NCCN1CCCN(C)CC1. The van der Waals surface area contributed by atoms with E-state index in [1.807, 2.05) is 7.05 Å². The van der Waals surface area contributed by atoms with Gasteiger partial charge in [-0.1, -0.05) is 30.3 Å². The van der Waals surface area contributed by atoms with E-state index in [2.05, 4.69) is 62.8 Å². The summed E-state index contributed by atoms with van der Waals surface area (Å²) < 4.78 is 0. The van der Waals surface area contributed by atoms with E-state index in [-0.39, 0.29) is 0 Å². The molecule has 0 unspecified atom stereocenters. The van der Waals surface area contributed by atoms with Crippen LogP contribution in [0, 0.1) is 0 Å². The molecule has 0 radical (unpaired) electrons. The van der Waals surface area contributed by atoms with Crippen molar-refractivity contribution in [2.45, 2.75) is 12.8 Å². The first-order valence-electron chi connectivity index (χ1n) is 8.67. The second kappa shape index (κ2) is 10.2. The van der Waals surface area contributed by atoms with Crippen molar-refractivity contribution < 1.29 is 0 Å². The van der Waals surface area contributed by atoms with Crippen molar-refractivity contribution in [2.24, 2.45) is 4.99 Å². The number of nitrogens with one attached hydrogen (secondary N) is 2. The van der Waals surface area contributed by atoms with Crippen molar-refractivity contribution in [1.82, 2.24) is 20.4 Å². The van der Waals surface area contributed by atoms with Crippen molar-refractivity contribution in [2.75, 3.05) is 59.9 Å². The summed E-state index contributed by atoms with van der Waals surface area (Å²) in [5.74, 6) is 0.896. The van der Waals surface area contributed by atoms with E-state index in [9.17, 15) is 0 Å². The molecule has 5 heteroatoms. The lowest BCUT2D eigenvalue weighted by Crippen LogP contribution is -2.42. The molecule has 1 aliphatic rings. The van der Waals surface area contributed by atoms with E-state index in [4.69, 9.17) is 0 Å². The molecule has 2 rings (SSSR count). The first-order chi connectivity index (χ1) is 11.3. The van der Waals surface area contributed by atoms with E-state index >= 15 is 0 Å². The average molecular weight is 317 g/mol. The number of guanidine groups is 1. The molecule has 5 nitrogen and oxygen atoms in total. The minimum atomic E-state index is 0.896. The predicted octanol–water partition coefficient (Wildman–Crippen LogP) is 1.03. The number of aliphatic imine (C=N–C) groups is 1. The van der Waals surface area contributed by atoms with E-state index in [0.29, 0.717) is 0 Å². The van der Waals surface area contributed by atoms with Gasteiger partial charge in [-0.05, 0) is 38.5 Å². The first kappa shape index (κ1) is 17.8. The molecule has 0 bridgehead atoms. The fraction of sp³-hybridized carbons (Fsp3) is 0.611. The highest BCUT2D eigenvalue weighted by atomic mass is 15.2. The minimum Gasteiger partial charge on any atom is -0.356 e. The maximum absolute atomic E-state index is 4.30. The molecule has 1 saturated heterocycles. The second-order valence-electron chi connectivity index (χ2n) is 6.16. The third-order valence-electron chi connectivity index (χ3n) is 4.31. The molecule has 1 aromatic carbocycles. The van der Waals surface area contributed by atoms with Gasteiger partial charge in [0, 0.05) is 39.8 Å². The van der Waals surface area contributed by atoms with Gasteiger partial charge in [0.2, 0.25) is 0 Å². The van der Waals surface area contributed by atoms with Crippen molar-refractivity contribution >= 4 is 5.96 Å². The summed E-state index contributed by atoms with van der Waals surface area (Å²) in [5.41, 5.74) is 1.35. The second-order valence-corrected chi connectivity index (χ2v) is 6.16. The van der Waals surface area contributed by atoms with Gasteiger partial charge in [-0.15, -0.1) is 0 Å². The molecular weight excluding hydrogens is 286 g/mol. The van der Waals surface area contributed by atoms with Crippen molar-refractivity contribution in [3.05, 3.63) is 35.9 Å². The Kier molecular flexibility index (Phi) is 7.90. The number of nitrogens with zero attached hydrogens (tertiary/aromatic N) is 3. The Labute approximate surface area is 140 Å². The van der Waals surface area contributed by atoms with Crippen LogP contribution in [-0.2, 0) is 6.42 Å². The summed E-state index contributed by atoms with van der Waals surface area (Å²) in [5, 5.41) is 6.81. The predicted molar refractivity (Wildman–Crippen MR) is 98.1 cm³/mol. The van der Waals surface area contributed by atoms with Gasteiger partial charge in [-0.2, -0.15) is 0 Å². The Morgan fingerprint density at radius 1 is 1.04 bits per heavy atom. The van der Waals surface area contributed by atoms with Gasteiger partial charge in [0.05, 0.1) is 0 Å². The molecule has 0 aromatic heterocycles. The molecule has 0 spiro atoms. The quantitative estimate of drug-likeness (QED) is 0.608. The zero-order valence-electron chi connectivity index (χ0n) is 14.6. The maximum atomic E-state index is 4.30. The molecular formula is C18H31N5. The van der Waals surface area contributed by atoms with Crippen LogP contribution in [0.15, 0.2) is 35.3 Å². The number of likely N-dealkylation sites (N-methyl/N-ethyl adjacent to an activating group) is 1. The first-order valence-corrected chi connectivity index (χ1v) is 8.67. The molecule has 2 N–H and O–H groups in total. The summed E-state index contributed by atoms with van der Waals surface area (Å²) in [6.45, 7) is 7.67. The van der Waals surface area contributed by atoms with Gasteiger partial charge in [0.15, 0.2) is 5.96 Å². The Morgan fingerprint density at radius 2 is 1.83 bits per heavy atom. The van der Waals surface area contributed by atoms with Crippen molar-refractivity contribution in [1.29, 1.82) is 0 Å². The molecule has 0 amide bonds. The molecule has 23 heavy (non-hydrogen) atoms. The van der Waals surface area contributed by atoms with Gasteiger partial charge in [0.1, 0.15) is 0 Å². The van der Waals surface area contributed by atoms with E-state index < -0.39 is 0 Å². The van der Waals surface area contributed by atoms with Crippen LogP contribution in [0.2, 0.25) is 0 Å². The summed E-state index contributed by atoms with van der Waals surface area (Å²) in [4.78, 5) is 9.25. The Hall–Kier alpha value is -1.59. The van der Waals surface area contributed by atoms with Crippen LogP contribution < -0.4 is 10.6 Å². The molecule has 1 aromatic rings. The van der Waals surface area contributed by atoms with Crippen molar-refractivity contribution in [3.63, 3.8) is 0 Å². The van der Waals surface area contributed by atoms with Crippen LogP contribution in [0.4, 0.5) is 0 Å². The molecule has 1 fully saturated rings. The zero-order chi connectivity index (χ0) is 16.3. The maximum Gasteiger partial charge on any atom is 0.191 e. The normalized spacial score (nSPS) is 17.7. The number of hydrogen-bond donors (Lipinski definition) is 2. The highest BCUT2D eigenvalue weighted by Crippen LogP contribution is 2.00. The molecule has 128 valence electrons. The number of benzene rings is 1. The fourth-order valence-electron chi connectivity index (χ4n) is 2.85. The van der Waals surface area contributed by atoms with E-state index in [0.717, 1.165) is 38.6 Å². The summed E-state index contributed by atoms with van der Waals surface area (Å²) in [7, 11) is 4.04. The molecule has 1 heterocycles. The standard InChI is InChI=1S/C18H31N5/c1-19-18(20-10-9-17-7-4-3-5-8-17)21-11-14-23-13-6-12-22(2)15-16-23/h3-5,7-8H,6,9-16H2,1-2H3,(H2,19,20,21). The zero-order valence-corrected chi connectivity index (χ0v) is 14.6. The Morgan fingerprint density at radius 3 is 2.61 bits per heavy atom. The summed E-state index contributed by atoms with van der Waals surface area (Å²) in [6.07, 6.45) is 2.28. The number of rotatable bonds is 6. The molecule has 0 aliphatic carbocycles. The van der Waals surface area contributed by atoms with E-state index in [1.54, 1.807) is 0 Å². The van der Waals surface area contributed by atoms with Gasteiger partial charge in [-0.25, -0.2) is 0 Å². The van der Waals surface area contributed by atoms with Crippen LogP contribution in [-0.4, -0.2) is 75.7 Å². The van der Waals surface area contributed by atoms with Crippen LogP contribution >= 0.6 is 0 Å². The van der Waals surface area contributed by atoms with Crippen molar-refractivity contribution in [3.8, 4) is 0 Å². The van der Waals surface area contributed by atoms with Crippen LogP contribution in [0.1, 0.15) is 12.0 Å². The molecule has 1 aliphatic heterocycles. The monoisotopic (exact) mass is 317 g/mol. The Balaban J connectivity index is 1.61. The topological polar surface area (TPSA) is 42.9 Å². The van der Waals surface area contributed by atoms with Crippen LogP contribution in [0.25, 0.3) is 0 Å². The van der Waals surface area contributed by atoms with Crippen LogP contribution in [0.3, 0.4) is 0 Å². The smallest absolute Gasteiger partial charge is 0.191 e. The lowest BCUT2D eigenvalue weighted by atomic mass is 10.1. The average Bonchev–Trinajstić information content (AvgIpc) is 2.79. The fourth-order valence-corrected chi connectivity index (χ4v) is 2.85. The van der Waals surface area contributed by atoms with Crippen LogP contribution in [0.5, 0.6) is 0 Å². The van der Waals surface area contributed by atoms with Gasteiger partial charge in [0.25, 0.3) is 0 Å². The van der Waals surface area contributed by atoms with Gasteiger partial charge < -0.3 is 20.4 Å². The molecule has 0 saturated carbocycles. The third-order valence-corrected chi connectivity index (χ3v) is 4.31. The lowest BCUT2D eigenvalue weighted by molar-refractivity contribution is 0.280. The number of hydrogen-bond acceptors (Lipinski definition) is 3. The summed E-state index contributed by atoms with van der Waals surface area (Å²) >= 11 is 0. The summed E-state index contributed by atoms with van der Waals surface area (Å²) in [6, 6.07) is 10.5. The van der Waals surface area contributed by atoms with Gasteiger partial charge in [-0.3, -0.25) is 4.99 Å². The minimum absolute atomic E-state index is 0.896. The third kappa shape index (κ3) is 7.01. The van der Waals surface area contributed by atoms with Gasteiger partial charge >= 0.3 is 0 Å². The highest BCUT2D eigenvalue weighted by Gasteiger charge is 2.11.